The van der Waals surface area contributed by atoms with E-state index in [4.69, 9.17) is 5.11 Å². The van der Waals surface area contributed by atoms with Crippen molar-refractivity contribution in [1.29, 1.82) is 0 Å². The molecule has 2 aliphatic rings. The molecule has 2 saturated heterocycles. The van der Waals surface area contributed by atoms with Crippen LogP contribution in [0.25, 0.3) is 0 Å². The molecular formula is C16H23N3O5S. The average Bonchev–Trinajstić information content (AvgIpc) is 3.16. The van der Waals surface area contributed by atoms with Crippen LogP contribution in [0, 0.1) is 0 Å². The molecule has 1 aromatic heterocycles. The van der Waals surface area contributed by atoms with E-state index in [-0.39, 0.29) is 35.9 Å². The van der Waals surface area contributed by atoms with Crippen LogP contribution in [-0.4, -0.2) is 83.0 Å². The number of rotatable bonds is 6. The van der Waals surface area contributed by atoms with E-state index in [2.05, 4.69) is 0 Å². The predicted molar refractivity (Wildman–Crippen MR) is 90.8 cm³/mol. The Bertz CT molecular complexity index is 731. The van der Waals surface area contributed by atoms with E-state index >= 15 is 0 Å². The van der Waals surface area contributed by atoms with Gasteiger partial charge in [0.25, 0.3) is 0 Å². The van der Waals surface area contributed by atoms with Gasteiger partial charge in [-0.3, -0.25) is 14.5 Å². The lowest BCUT2D eigenvalue weighted by atomic mass is 10.0. The number of fused-ring (bicyclic) bond motifs is 1. The SMILES string of the molecule is O=C(O)CCN1CCN(C(=O)CCn2cccc2)C2CS(=O)(=O)CC21. The molecule has 1 aromatic rings. The molecule has 8 nitrogen and oxygen atoms in total. The number of hydrogen-bond donors (Lipinski definition) is 1. The van der Waals surface area contributed by atoms with E-state index in [1.807, 2.05) is 34.0 Å². The normalized spacial score (nSPS) is 25.7. The van der Waals surface area contributed by atoms with Gasteiger partial charge in [0.05, 0.1) is 24.0 Å². The van der Waals surface area contributed by atoms with Crippen LogP contribution in [0.5, 0.6) is 0 Å². The lowest BCUT2D eigenvalue weighted by Crippen LogP contribution is -2.60. The van der Waals surface area contributed by atoms with Crippen LogP contribution < -0.4 is 0 Å². The number of sulfone groups is 1. The third kappa shape index (κ3) is 4.21. The molecule has 0 saturated carbocycles. The van der Waals surface area contributed by atoms with Crippen molar-refractivity contribution in [2.45, 2.75) is 31.5 Å². The van der Waals surface area contributed by atoms with Crippen molar-refractivity contribution in [2.24, 2.45) is 0 Å². The van der Waals surface area contributed by atoms with Gasteiger partial charge in [-0.15, -0.1) is 0 Å². The second-order valence-corrected chi connectivity index (χ2v) is 8.80. The summed E-state index contributed by atoms with van der Waals surface area (Å²) in [4.78, 5) is 27.1. The maximum atomic E-state index is 12.6. The lowest BCUT2D eigenvalue weighted by molar-refractivity contribution is -0.140. The van der Waals surface area contributed by atoms with Gasteiger partial charge in [0.2, 0.25) is 5.91 Å². The third-order valence-electron chi connectivity index (χ3n) is 4.97. The van der Waals surface area contributed by atoms with Crippen molar-refractivity contribution in [3.05, 3.63) is 24.5 Å². The van der Waals surface area contributed by atoms with E-state index < -0.39 is 15.8 Å². The fraction of sp³-hybridized carbons (Fsp3) is 0.625. The fourth-order valence-corrected chi connectivity index (χ4v) is 5.75. The number of carboxylic acids is 1. The summed E-state index contributed by atoms with van der Waals surface area (Å²) in [6, 6.07) is 3.12. The molecule has 0 aromatic carbocycles. The first-order chi connectivity index (χ1) is 11.9. The summed E-state index contributed by atoms with van der Waals surface area (Å²) >= 11 is 0. The highest BCUT2D eigenvalue weighted by molar-refractivity contribution is 7.91. The Morgan fingerprint density at radius 1 is 1.00 bits per heavy atom. The van der Waals surface area contributed by atoms with E-state index in [1.165, 1.54) is 0 Å². The van der Waals surface area contributed by atoms with Gasteiger partial charge in [0.1, 0.15) is 0 Å². The van der Waals surface area contributed by atoms with E-state index in [0.717, 1.165) is 0 Å². The maximum Gasteiger partial charge on any atom is 0.304 e. The highest BCUT2D eigenvalue weighted by Gasteiger charge is 2.47. The number of aromatic nitrogens is 1. The number of carbonyl (C=O) groups is 2. The molecule has 0 bridgehead atoms. The molecule has 2 atom stereocenters. The van der Waals surface area contributed by atoms with Crippen LogP contribution in [0.1, 0.15) is 12.8 Å². The second-order valence-electron chi connectivity index (χ2n) is 6.65. The molecule has 3 heterocycles. The second kappa shape index (κ2) is 7.17. The smallest absolute Gasteiger partial charge is 0.304 e. The zero-order chi connectivity index (χ0) is 18.0. The molecule has 2 aliphatic heterocycles. The Labute approximate surface area is 146 Å². The minimum Gasteiger partial charge on any atom is -0.481 e. The van der Waals surface area contributed by atoms with Crippen molar-refractivity contribution in [3.8, 4) is 0 Å². The average molecular weight is 369 g/mol. The van der Waals surface area contributed by atoms with Gasteiger partial charge in [-0.1, -0.05) is 0 Å². The zero-order valence-corrected chi connectivity index (χ0v) is 14.8. The number of carboxylic acid groups (broad SMARTS) is 1. The van der Waals surface area contributed by atoms with E-state index in [1.54, 1.807) is 4.90 Å². The van der Waals surface area contributed by atoms with Gasteiger partial charge in [0.15, 0.2) is 9.84 Å². The van der Waals surface area contributed by atoms with Gasteiger partial charge in [-0.2, -0.15) is 0 Å². The monoisotopic (exact) mass is 369 g/mol. The fourth-order valence-electron chi connectivity index (χ4n) is 3.74. The molecule has 25 heavy (non-hydrogen) atoms. The molecule has 9 heteroatoms. The van der Waals surface area contributed by atoms with Gasteiger partial charge < -0.3 is 14.6 Å². The van der Waals surface area contributed by atoms with E-state index in [9.17, 15) is 18.0 Å². The van der Waals surface area contributed by atoms with Crippen molar-refractivity contribution < 1.29 is 23.1 Å². The first-order valence-corrected chi connectivity index (χ1v) is 10.2. The summed E-state index contributed by atoms with van der Waals surface area (Å²) in [6.45, 7) is 1.84. The Balaban J connectivity index is 1.67. The van der Waals surface area contributed by atoms with Crippen molar-refractivity contribution >= 4 is 21.7 Å². The van der Waals surface area contributed by atoms with Crippen LogP contribution in [-0.2, 0) is 26.0 Å². The van der Waals surface area contributed by atoms with Gasteiger partial charge in [0, 0.05) is 51.0 Å². The van der Waals surface area contributed by atoms with Crippen LogP contribution >= 0.6 is 0 Å². The van der Waals surface area contributed by atoms with Crippen molar-refractivity contribution in [3.63, 3.8) is 0 Å². The quantitative estimate of drug-likeness (QED) is 0.737. The Kier molecular flexibility index (Phi) is 5.14. The number of carbonyl (C=O) groups excluding carboxylic acids is 1. The Hall–Kier alpha value is -1.87. The molecule has 2 unspecified atom stereocenters. The summed E-state index contributed by atoms with van der Waals surface area (Å²) in [7, 11) is -3.21. The van der Waals surface area contributed by atoms with Gasteiger partial charge >= 0.3 is 5.97 Å². The molecular weight excluding hydrogens is 346 g/mol. The molecule has 1 amide bonds. The summed E-state index contributed by atoms with van der Waals surface area (Å²) < 4.78 is 26.1. The third-order valence-corrected chi connectivity index (χ3v) is 6.67. The molecule has 1 N–H and O–H groups in total. The maximum absolute atomic E-state index is 12.6. The summed E-state index contributed by atoms with van der Waals surface area (Å²) in [5, 5.41) is 8.88. The minimum absolute atomic E-state index is 0.00132. The molecule has 0 radical (unpaired) electrons. The Morgan fingerprint density at radius 3 is 2.36 bits per heavy atom. The van der Waals surface area contributed by atoms with Crippen LogP contribution in [0.4, 0.5) is 0 Å². The number of nitrogens with zero attached hydrogens (tertiary/aromatic N) is 3. The predicted octanol–water partition coefficient (Wildman–Crippen LogP) is -0.337. The number of amides is 1. The summed E-state index contributed by atoms with van der Waals surface area (Å²) in [6.07, 6.45) is 4.08. The molecule has 0 spiro atoms. The minimum atomic E-state index is -3.21. The van der Waals surface area contributed by atoms with Gasteiger partial charge in [-0.25, -0.2) is 8.42 Å². The summed E-state index contributed by atoms with van der Waals surface area (Å²) in [5.41, 5.74) is 0. The van der Waals surface area contributed by atoms with Gasteiger partial charge in [-0.05, 0) is 12.1 Å². The van der Waals surface area contributed by atoms with Crippen LogP contribution in [0.2, 0.25) is 0 Å². The largest absolute Gasteiger partial charge is 0.481 e. The number of aliphatic carboxylic acids is 1. The topological polar surface area (TPSA) is 99.9 Å². The van der Waals surface area contributed by atoms with Crippen molar-refractivity contribution in [2.75, 3.05) is 31.1 Å². The first kappa shape index (κ1) is 17.9. The zero-order valence-electron chi connectivity index (χ0n) is 14.0. The standard InChI is InChI=1S/C16H23N3O5S/c20-15(3-7-17-5-1-2-6-17)19-10-9-18(8-4-16(21)22)13-11-25(23,24)12-14(13)19/h1-2,5-6,13-14H,3-4,7-12H2,(H,21,22). The van der Waals surface area contributed by atoms with Crippen LogP contribution in [0.15, 0.2) is 24.5 Å². The van der Waals surface area contributed by atoms with Crippen LogP contribution in [0.3, 0.4) is 0 Å². The highest BCUT2D eigenvalue weighted by atomic mass is 32.2. The highest BCUT2D eigenvalue weighted by Crippen LogP contribution is 2.27. The van der Waals surface area contributed by atoms with Crippen molar-refractivity contribution in [1.82, 2.24) is 14.4 Å². The Morgan fingerprint density at radius 2 is 1.68 bits per heavy atom. The molecule has 2 fully saturated rings. The lowest BCUT2D eigenvalue weighted by Gasteiger charge is -2.43. The molecule has 138 valence electrons. The number of aryl methyl sites for hydroxylation is 1. The number of hydrogen-bond acceptors (Lipinski definition) is 5. The molecule has 3 rings (SSSR count). The van der Waals surface area contributed by atoms with E-state index in [0.29, 0.717) is 32.6 Å². The molecule has 0 aliphatic carbocycles. The number of piperazine rings is 1. The summed E-state index contributed by atoms with van der Waals surface area (Å²) in [5.74, 6) is -0.976. The first-order valence-electron chi connectivity index (χ1n) is 8.42.